The third-order valence-corrected chi connectivity index (χ3v) is 4.97. The average molecular weight is 367 g/mol. The molecule has 5 aromatic rings. The molecule has 27 heavy (non-hydrogen) atoms. The summed E-state index contributed by atoms with van der Waals surface area (Å²) in [7, 11) is 0. The third kappa shape index (κ3) is 2.84. The summed E-state index contributed by atoms with van der Waals surface area (Å²) in [6, 6.07) is 30.8. The van der Waals surface area contributed by atoms with Crippen molar-refractivity contribution < 1.29 is 0 Å². The molecule has 0 atom stereocenters. The molecule has 4 aromatic carbocycles. The number of fused-ring (bicyclic) bond motifs is 3. The molecule has 1 aromatic heterocycles. The molecule has 0 aliphatic rings. The molecule has 0 aliphatic carbocycles. The molecule has 0 amide bonds. The number of benzene rings is 4. The zero-order chi connectivity index (χ0) is 18.2. The number of rotatable bonds is 2. The van der Waals surface area contributed by atoms with Crippen LogP contribution in [0.15, 0.2) is 91.0 Å². The molecule has 0 unspecified atom stereocenters. The van der Waals surface area contributed by atoms with Crippen LogP contribution in [-0.2, 0) is 0 Å². The van der Waals surface area contributed by atoms with Gasteiger partial charge in [0.25, 0.3) is 0 Å². The van der Waals surface area contributed by atoms with E-state index in [0.717, 1.165) is 27.6 Å². The maximum absolute atomic E-state index is 6.37. The van der Waals surface area contributed by atoms with Gasteiger partial charge in [0.2, 0.25) is 0 Å². The predicted octanol–water partition coefficient (Wildman–Crippen LogP) is 6.77. The Morgan fingerprint density at radius 3 is 2.07 bits per heavy atom. The topological polar surface area (TPSA) is 25.8 Å². The smallest absolute Gasteiger partial charge is 0.162 e. The van der Waals surface area contributed by atoms with E-state index in [0.29, 0.717) is 11.0 Å². The van der Waals surface area contributed by atoms with Gasteiger partial charge in [-0.15, -0.1) is 0 Å². The number of nitrogens with zero attached hydrogens (tertiary/aromatic N) is 2. The Kier molecular flexibility index (Phi) is 3.84. The zero-order valence-electron chi connectivity index (χ0n) is 14.4. The lowest BCUT2D eigenvalue weighted by molar-refractivity contribution is 1.18. The minimum Gasteiger partial charge on any atom is -0.228 e. The highest BCUT2D eigenvalue weighted by molar-refractivity contribution is 6.29. The fourth-order valence-electron chi connectivity index (χ4n) is 3.53. The van der Waals surface area contributed by atoms with E-state index in [-0.39, 0.29) is 0 Å². The quantitative estimate of drug-likeness (QED) is 0.254. The van der Waals surface area contributed by atoms with E-state index in [1.165, 1.54) is 10.8 Å². The highest BCUT2D eigenvalue weighted by Gasteiger charge is 2.13. The van der Waals surface area contributed by atoms with Crippen LogP contribution in [0, 0.1) is 0 Å². The van der Waals surface area contributed by atoms with Gasteiger partial charge in [0.05, 0.1) is 5.69 Å². The summed E-state index contributed by atoms with van der Waals surface area (Å²) in [5.74, 6) is 0.642. The summed E-state index contributed by atoms with van der Waals surface area (Å²) in [5, 5.41) is 5.14. The molecule has 1 heterocycles. The van der Waals surface area contributed by atoms with Crippen LogP contribution in [0.3, 0.4) is 0 Å². The van der Waals surface area contributed by atoms with Gasteiger partial charge in [-0.2, -0.15) is 0 Å². The molecule has 0 saturated carbocycles. The Labute approximate surface area is 162 Å². The summed E-state index contributed by atoms with van der Waals surface area (Å²) in [6.45, 7) is 0. The molecule has 5 rings (SSSR count). The minimum absolute atomic E-state index is 0.441. The number of hydrogen-bond acceptors (Lipinski definition) is 2. The van der Waals surface area contributed by atoms with Crippen molar-refractivity contribution in [2.45, 2.75) is 0 Å². The van der Waals surface area contributed by atoms with Crippen molar-refractivity contribution >= 4 is 33.1 Å². The van der Waals surface area contributed by atoms with Crippen LogP contribution in [0.5, 0.6) is 0 Å². The highest BCUT2D eigenvalue weighted by Crippen LogP contribution is 2.34. The van der Waals surface area contributed by atoms with E-state index in [2.05, 4.69) is 53.5 Å². The predicted molar refractivity (Wildman–Crippen MR) is 113 cm³/mol. The Balaban J connectivity index is 1.82. The second-order valence-electron chi connectivity index (χ2n) is 6.46. The maximum atomic E-state index is 6.37. The zero-order valence-corrected chi connectivity index (χ0v) is 15.2. The minimum atomic E-state index is 0.441. The maximum Gasteiger partial charge on any atom is 0.162 e. The standard InChI is InChI=1S/C24H15ClN2/c25-23-15-22(16-8-2-1-3-9-16)26-24(27-23)21-14-17-10-4-5-11-18(17)19-12-6-7-13-20(19)21/h1-15H. The summed E-state index contributed by atoms with van der Waals surface area (Å²) in [5.41, 5.74) is 2.83. The lowest BCUT2D eigenvalue weighted by Gasteiger charge is -2.11. The first-order valence-electron chi connectivity index (χ1n) is 8.80. The summed E-state index contributed by atoms with van der Waals surface area (Å²) in [4.78, 5) is 9.38. The lowest BCUT2D eigenvalue weighted by Crippen LogP contribution is -1.94. The Bertz CT molecular complexity index is 1280. The number of aromatic nitrogens is 2. The van der Waals surface area contributed by atoms with Crippen molar-refractivity contribution in [2.24, 2.45) is 0 Å². The first kappa shape index (κ1) is 16.0. The molecular weight excluding hydrogens is 352 g/mol. The highest BCUT2D eigenvalue weighted by atomic mass is 35.5. The molecule has 0 saturated heterocycles. The Hall–Kier alpha value is -3.23. The monoisotopic (exact) mass is 366 g/mol. The largest absolute Gasteiger partial charge is 0.228 e. The van der Waals surface area contributed by atoms with Gasteiger partial charge in [0, 0.05) is 17.2 Å². The van der Waals surface area contributed by atoms with Crippen LogP contribution in [-0.4, -0.2) is 9.97 Å². The van der Waals surface area contributed by atoms with Gasteiger partial charge < -0.3 is 0 Å². The van der Waals surface area contributed by atoms with Crippen molar-refractivity contribution in [1.82, 2.24) is 9.97 Å². The van der Waals surface area contributed by atoms with E-state index >= 15 is 0 Å². The molecule has 128 valence electrons. The van der Waals surface area contributed by atoms with Gasteiger partial charge in [-0.1, -0.05) is 90.5 Å². The van der Waals surface area contributed by atoms with Crippen molar-refractivity contribution in [3.05, 3.63) is 96.1 Å². The molecule has 0 aliphatic heterocycles. The van der Waals surface area contributed by atoms with E-state index in [1.807, 2.05) is 42.5 Å². The number of hydrogen-bond donors (Lipinski definition) is 0. The van der Waals surface area contributed by atoms with Crippen LogP contribution in [0.2, 0.25) is 5.15 Å². The summed E-state index contributed by atoms with van der Waals surface area (Å²) >= 11 is 6.37. The van der Waals surface area contributed by atoms with Crippen LogP contribution in [0.4, 0.5) is 0 Å². The molecule has 3 heteroatoms. The molecule has 0 bridgehead atoms. The van der Waals surface area contributed by atoms with Crippen LogP contribution < -0.4 is 0 Å². The van der Waals surface area contributed by atoms with Crippen LogP contribution >= 0.6 is 11.6 Å². The van der Waals surface area contributed by atoms with Crippen LogP contribution in [0.25, 0.3) is 44.2 Å². The first-order valence-corrected chi connectivity index (χ1v) is 9.18. The Morgan fingerprint density at radius 1 is 0.593 bits per heavy atom. The Morgan fingerprint density at radius 2 is 1.26 bits per heavy atom. The van der Waals surface area contributed by atoms with E-state index < -0.39 is 0 Å². The van der Waals surface area contributed by atoms with Crippen molar-refractivity contribution in [2.75, 3.05) is 0 Å². The SMILES string of the molecule is Clc1cc(-c2ccccc2)nc(-c2cc3ccccc3c3ccccc23)n1. The summed E-state index contributed by atoms with van der Waals surface area (Å²) in [6.07, 6.45) is 0. The van der Waals surface area contributed by atoms with Gasteiger partial charge in [0.15, 0.2) is 5.82 Å². The van der Waals surface area contributed by atoms with E-state index in [9.17, 15) is 0 Å². The van der Waals surface area contributed by atoms with Crippen molar-refractivity contribution in [1.29, 1.82) is 0 Å². The van der Waals surface area contributed by atoms with Gasteiger partial charge in [-0.05, 0) is 27.6 Å². The molecule has 2 nitrogen and oxygen atoms in total. The van der Waals surface area contributed by atoms with Gasteiger partial charge in [-0.25, -0.2) is 9.97 Å². The number of halogens is 1. The summed E-state index contributed by atoms with van der Waals surface area (Å²) < 4.78 is 0. The van der Waals surface area contributed by atoms with Gasteiger partial charge >= 0.3 is 0 Å². The van der Waals surface area contributed by atoms with E-state index in [1.54, 1.807) is 0 Å². The molecule has 0 fully saturated rings. The van der Waals surface area contributed by atoms with Gasteiger partial charge in [0.1, 0.15) is 5.15 Å². The normalized spacial score (nSPS) is 11.1. The molecule has 0 radical (unpaired) electrons. The van der Waals surface area contributed by atoms with Crippen molar-refractivity contribution in [3.63, 3.8) is 0 Å². The molecule has 0 N–H and O–H groups in total. The average Bonchev–Trinajstić information content (AvgIpc) is 2.73. The van der Waals surface area contributed by atoms with Crippen LogP contribution in [0.1, 0.15) is 0 Å². The fourth-order valence-corrected chi connectivity index (χ4v) is 3.72. The molecular formula is C24H15ClN2. The fraction of sp³-hybridized carbons (Fsp3) is 0. The van der Waals surface area contributed by atoms with E-state index in [4.69, 9.17) is 16.6 Å². The second-order valence-corrected chi connectivity index (χ2v) is 6.84. The molecule has 0 spiro atoms. The van der Waals surface area contributed by atoms with Crippen molar-refractivity contribution in [3.8, 4) is 22.6 Å². The second kappa shape index (κ2) is 6.49. The first-order chi connectivity index (χ1) is 13.3. The third-order valence-electron chi connectivity index (χ3n) is 4.77. The van der Waals surface area contributed by atoms with Gasteiger partial charge in [-0.3, -0.25) is 0 Å². The lowest BCUT2D eigenvalue weighted by atomic mass is 9.97.